The minimum atomic E-state index is -4.14. The maximum Gasteiger partial charge on any atom is 0.391 e. The molecule has 1 aromatic heterocycles. The van der Waals surface area contributed by atoms with Gasteiger partial charge in [-0.05, 0) is 60.9 Å². The number of amides is 1. The number of methoxy groups -OCH3 is 1. The quantitative estimate of drug-likeness (QED) is 0.431. The number of rotatable bonds is 10. The molecule has 220 valence electrons. The van der Waals surface area contributed by atoms with E-state index in [1.54, 1.807) is 32.2 Å². The van der Waals surface area contributed by atoms with Crippen LogP contribution in [0, 0.1) is 11.8 Å². The van der Waals surface area contributed by atoms with Crippen molar-refractivity contribution in [2.45, 2.75) is 62.3 Å². The number of pyridine rings is 1. The highest BCUT2D eigenvalue weighted by molar-refractivity contribution is 7.91. The highest BCUT2D eigenvalue weighted by Crippen LogP contribution is 2.41. The van der Waals surface area contributed by atoms with Crippen LogP contribution in [0.5, 0.6) is 0 Å². The minimum Gasteiger partial charge on any atom is -0.394 e. The number of nitrogens with one attached hydrogen (secondary N) is 1. The highest BCUT2D eigenvalue weighted by Gasteiger charge is 2.42. The van der Waals surface area contributed by atoms with Crippen LogP contribution in [0.3, 0.4) is 0 Å². The summed E-state index contributed by atoms with van der Waals surface area (Å²) in [5.41, 5.74) is 2.51. The summed E-state index contributed by atoms with van der Waals surface area (Å²) in [6.07, 6.45) is -1.33. The molecule has 0 bridgehead atoms. The lowest BCUT2D eigenvalue weighted by Gasteiger charge is -2.34. The summed E-state index contributed by atoms with van der Waals surface area (Å²) in [6.45, 7) is 2.69. The van der Waals surface area contributed by atoms with Gasteiger partial charge in [-0.3, -0.25) is 14.7 Å². The minimum absolute atomic E-state index is 0.0281. The number of sulfone groups is 1. The molecule has 0 radical (unpaired) electrons. The number of benzene rings is 1. The summed E-state index contributed by atoms with van der Waals surface area (Å²) in [6, 6.07) is 6.91. The second-order valence-electron chi connectivity index (χ2n) is 10.6. The molecule has 1 amide bonds. The SMILES string of the molecule is CCS(=O)(=O)c1ccc([C@H](CO)NC(=O)c2cnc3c(c2)CN(C[C@H]2CC[C@H](C(F)(F)F)CC2)[C@H]3COC)cc1. The number of hydrogen-bond acceptors (Lipinski definition) is 7. The Kier molecular flexibility index (Phi) is 9.54. The van der Waals surface area contributed by atoms with E-state index in [0.717, 1.165) is 11.3 Å². The molecule has 4 rings (SSSR count). The van der Waals surface area contributed by atoms with Crippen LogP contribution in [0.25, 0.3) is 0 Å². The molecule has 8 nitrogen and oxygen atoms in total. The molecule has 0 unspecified atom stereocenters. The van der Waals surface area contributed by atoms with E-state index >= 15 is 0 Å². The van der Waals surface area contributed by atoms with Crippen molar-refractivity contribution < 1.29 is 36.2 Å². The zero-order valence-corrected chi connectivity index (χ0v) is 23.5. The number of fused-ring (bicyclic) bond motifs is 1. The highest BCUT2D eigenvalue weighted by atomic mass is 32.2. The molecule has 1 fully saturated rings. The maximum atomic E-state index is 13.1. The number of carbonyl (C=O) groups is 1. The van der Waals surface area contributed by atoms with Crippen molar-refractivity contribution in [2.24, 2.45) is 11.8 Å². The van der Waals surface area contributed by atoms with Gasteiger partial charge in [-0.25, -0.2) is 8.42 Å². The van der Waals surface area contributed by atoms with Crippen molar-refractivity contribution in [1.29, 1.82) is 0 Å². The van der Waals surface area contributed by atoms with Crippen LogP contribution in [0.1, 0.15) is 71.9 Å². The number of halogens is 3. The molecule has 2 N–H and O–H groups in total. The van der Waals surface area contributed by atoms with E-state index in [9.17, 15) is 31.5 Å². The van der Waals surface area contributed by atoms with Crippen LogP contribution >= 0.6 is 0 Å². The molecule has 2 aromatic rings. The van der Waals surface area contributed by atoms with Crippen molar-refractivity contribution in [3.63, 3.8) is 0 Å². The summed E-state index contributed by atoms with van der Waals surface area (Å²) in [5, 5.41) is 12.7. The number of hydrogen-bond donors (Lipinski definition) is 2. The lowest BCUT2D eigenvalue weighted by atomic mass is 9.81. The first-order chi connectivity index (χ1) is 19.0. The Labute approximate surface area is 232 Å². The zero-order valence-electron chi connectivity index (χ0n) is 22.7. The lowest BCUT2D eigenvalue weighted by Crippen LogP contribution is -2.34. The molecule has 12 heteroatoms. The van der Waals surface area contributed by atoms with Crippen molar-refractivity contribution in [3.05, 3.63) is 58.9 Å². The molecule has 1 aliphatic carbocycles. The summed E-state index contributed by atoms with van der Waals surface area (Å²) in [5.74, 6) is -1.53. The largest absolute Gasteiger partial charge is 0.394 e. The summed E-state index contributed by atoms with van der Waals surface area (Å²) < 4.78 is 68.8. The summed E-state index contributed by atoms with van der Waals surface area (Å²) in [7, 11) is -1.78. The lowest BCUT2D eigenvalue weighted by molar-refractivity contribution is -0.184. The van der Waals surface area contributed by atoms with Crippen molar-refractivity contribution in [3.8, 4) is 0 Å². The van der Waals surface area contributed by atoms with Crippen molar-refractivity contribution in [2.75, 3.05) is 32.6 Å². The van der Waals surface area contributed by atoms with Crippen molar-refractivity contribution >= 4 is 15.7 Å². The Morgan fingerprint density at radius 1 is 1.20 bits per heavy atom. The van der Waals surface area contributed by atoms with E-state index in [4.69, 9.17) is 4.74 Å². The molecular weight excluding hydrogens is 547 g/mol. The molecule has 1 aromatic carbocycles. The second-order valence-corrected chi connectivity index (χ2v) is 12.9. The van der Waals surface area contributed by atoms with Gasteiger partial charge < -0.3 is 15.2 Å². The first-order valence-electron chi connectivity index (χ1n) is 13.5. The first kappa shape index (κ1) is 30.4. The van der Waals surface area contributed by atoms with E-state index in [-0.39, 0.29) is 42.1 Å². The summed E-state index contributed by atoms with van der Waals surface area (Å²) in [4.78, 5) is 20.0. The third kappa shape index (κ3) is 6.84. The molecule has 40 heavy (non-hydrogen) atoms. The molecule has 1 saturated carbocycles. The summed E-state index contributed by atoms with van der Waals surface area (Å²) >= 11 is 0. The van der Waals surface area contributed by atoms with Gasteiger partial charge in [0.1, 0.15) is 0 Å². The van der Waals surface area contributed by atoms with E-state index in [1.165, 1.54) is 18.3 Å². The van der Waals surface area contributed by atoms with Crippen LogP contribution < -0.4 is 5.32 Å². The van der Waals surface area contributed by atoms with E-state index < -0.39 is 33.9 Å². The second kappa shape index (κ2) is 12.5. The first-order valence-corrected chi connectivity index (χ1v) is 15.1. The van der Waals surface area contributed by atoms with Gasteiger partial charge >= 0.3 is 6.18 Å². The van der Waals surface area contributed by atoms with Gasteiger partial charge in [0.15, 0.2) is 9.84 Å². The average molecular weight is 584 g/mol. The number of aliphatic hydroxyl groups is 1. The van der Waals surface area contributed by atoms with Gasteiger partial charge in [0.25, 0.3) is 5.91 Å². The number of aromatic nitrogens is 1. The molecule has 0 saturated heterocycles. The van der Waals surface area contributed by atoms with E-state index in [1.807, 2.05) is 0 Å². The number of aliphatic hydroxyl groups excluding tert-OH is 1. The van der Waals surface area contributed by atoms with Crippen LogP contribution in [-0.4, -0.2) is 68.1 Å². The Bertz CT molecular complexity index is 1280. The maximum absolute atomic E-state index is 13.1. The normalized spacial score (nSPS) is 22.6. The zero-order chi connectivity index (χ0) is 29.1. The van der Waals surface area contributed by atoms with Crippen LogP contribution in [0.2, 0.25) is 0 Å². The Morgan fingerprint density at radius 2 is 1.88 bits per heavy atom. The fraction of sp³-hybridized carbons (Fsp3) is 0.571. The van der Waals surface area contributed by atoms with Gasteiger partial charge in [0, 0.05) is 26.4 Å². The number of ether oxygens (including phenoxy) is 1. The Morgan fingerprint density at radius 3 is 2.45 bits per heavy atom. The van der Waals surface area contributed by atoms with Crippen LogP contribution in [0.4, 0.5) is 13.2 Å². The molecule has 0 spiro atoms. The molecule has 2 heterocycles. The average Bonchev–Trinajstić information content (AvgIpc) is 3.27. The third-order valence-electron chi connectivity index (χ3n) is 8.03. The number of nitrogens with zero attached hydrogens (tertiary/aromatic N) is 2. The van der Waals surface area contributed by atoms with Crippen LogP contribution in [0.15, 0.2) is 41.4 Å². The third-order valence-corrected chi connectivity index (χ3v) is 9.78. The van der Waals surface area contributed by atoms with Crippen molar-refractivity contribution in [1.82, 2.24) is 15.2 Å². The molecule has 1 aliphatic heterocycles. The molecule has 2 aliphatic rings. The Balaban J connectivity index is 1.43. The predicted octanol–water partition coefficient (Wildman–Crippen LogP) is 4.21. The topological polar surface area (TPSA) is 109 Å². The van der Waals surface area contributed by atoms with Gasteiger partial charge in [-0.15, -0.1) is 0 Å². The smallest absolute Gasteiger partial charge is 0.391 e. The monoisotopic (exact) mass is 583 g/mol. The number of alkyl halides is 3. The van der Waals surface area contributed by atoms with E-state index in [0.29, 0.717) is 43.7 Å². The predicted molar refractivity (Wildman–Crippen MR) is 142 cm³/mol. The van der Waals surface area contributed by atoms with E-state index in [2.05, 4.69) is 15.2 Å². The standard InChI is InChI=1S/C28H36F3N3O5S/c1-3-40(37,38)23-10-6-19(7-11-23)24(16-35)33-27(36)20-12-21-15-34(25(17-39-2)26(21)32-13-20)14-18-4-8-22(9-5-18)28(29,30)31/h6-7,10-13,18,22,24-25,35H,3-5,8-9,14-17H2,1-2H3,(H,33,36)/t18-,22-,24-,25-/m0/s1. The van der Waals surface area contributed by atoms with Gasteiger partial charge in [0.05, 0.1) is 53.1 Å². The van der Waals surface area contributed by atoms with Gasteiger partial charge in [-0.1, -0.05) is 19.1 Å². The van der Waals surface area contributed by atoms with Crippen LogP contribution in [-0.2, 0) is 21.1 Å². The molecular formula is C28H36F3N3O5S. The molecule has 2 atom stereocenters. The Hall–Kier alpha value is -2.54. The fourth-order valence-corrected chi connectivity index (χ4v) is 6.55. The van der Waals surface area contributed by atoms with Gasteiger partial charge in [-0.2, -0.15) is 13.2 Å². The number of carbonyl (C=O) groups excluding carboxylic acids is 1. The van der Waals surface area contributed by atoms with Gasteiger partial charge in [0.2, 0.25) is 0 Å². The fourth-order valence-electron chi connectivity index (χ4n) is 5.66.